The summed E-state index contributed by atoms with van der Waals surface area (Å²) >= 11 is 5.81. The maximum atomic E-state index is 11.6. The van der Waals surface area contributed by atoms with Crippen molar-refractivity contribution in [1.82, 2.24) is 9.97 Å². The van der Waals surface area contributed by atoms with Gasteiger partial charge in [0, 0.05) is 12.6 Å². The topological polar surface area (TPSA) is 64.1 Å². The number of carbonyl (C=O) groups excluding carboxylic acids is 1. The van der Waals surface area contributed by atoms with Gasteiger partial charge >= 0.3 is 5.97 Å². The molecule has 0 saturated heterocycles. The Balaban J connectivity index is 2.51. The van der Waals surface area contributed by atoms with Gasteiger partial charge < -0.3 is 10.1 Å². The molecule has 0 aliphatic heterocycles. The standard InChI is InChI=1S/C12H18ClN3O2/c1-7(2)18-12(17)8(3)6-14-11-5-10(13)15-9(4)16-11/h5,7-8H,6H2,1-4H3,(H,14,15,16). The molecule has 0 bridgehead atoms. The normalized spacial score (nSPS) is 12.3. The van der Waals surface area contributed by atoms with Crippen molar-refractivity contribution in [1.29, 1.82) is 0 Å². The summed E-state index contributed by atoms with van der Waals surface area (Å²) in [5, 5.41) is 3.42. The summed E-state index contributed by atoms with van der Waals surface area (Å²) in [6.07, 6.45) is -0.101. The van der Waals surface area contributed by atoms with Crippen LogP contribution in [0.25, 0.3) is 0 Å². The minimum absolute atomic E-state index is 0.101. The largest absolute Gasteiger partial charge is 0.463 e. The number of esters is 1. The molecule has 1 rings (SSSR count). The van der Waals surface area contributed by atoms with Gasteiger partial charge in [-0.25, -0.2) is 9.97 Å². The molecule has 1 aromatic heterocycles. The lowest BCUT2D eigenvalue weighted by molar-refractivity contribution is -0.151. The fourth-order valence-electron chi connectivity index (χ4n) is 1.31. The van der Waals surface area contributed by atoms with E-state index in [1.165, 1.54) is 0 Å². The van der Waals surface area contributed by atoms with E-state index in [1.807, 2.05) is 13.8 Å². The van der Waals surface area contributed by atoms with Gasteiger partial charge in [0.15, 0.2) is 0 Å². The fraction of sp³-hybridized carbons (Fsp3) is 0.583. The Morgan fingerprint density at radius 3 is 2.67 bits per heavy atom. The zero-order chi connectivity index (χ0) is 13.7. The lowest BCUT2D eigenvalue weighted by atomic mass is 10.2. The molecule has 1 N–H and O–H groups in total. The molecular formula is C12H18ClN3O2. The Hall–Kier alpha value is -1.36. The Labute approximate surface area is 112 Å². The zero-order valence-corrected chi connectivity index (χ0v) is 11.8. The van der Waals surface area contributed by atoms with Crippen LogP contribution in [0.3, 0.4) is 0 Å². The number of nitrogens with one attached hydrogen (secondary N) is 1. The van der Waals surface area contributed by atoms with E-state index in [4.69, 9.17) is 16.3 Å². The van der Waals surface area contributed by atoms with Gasteiger partial charge in [-0.15, -0.1) is 0 Å². The second-order valence-electron chi connectivity index (χ2n) is 4.39. The van der Waals surface area contributed by atoms with Gasteiger partial charge in [-0.1, -0.05) is 18.5 Å². The van der Waals surface area contributed by atoms with E-state index in [9.17, 15) is 4.79 Å². The van der Waals surface area contributed by atoms with Crippen molar-refractivity contribution in [3.8, 4) is 0 Å². The van der Waals surface area contributed by atoms with Crippen LogP contribution in [-0.2, 0) is 9.53 Å². The summed E-state index contributed by atoms with van der Waals surface area (Å²) in [6, 6.07) is 1.62. The van der Waals surface area contributed by atoms with Crippen molar-refractivity contribution in [3.05, 3.63) is 17.0 Å². The first-order valence-electron chi connectivity index (χ1n) is 5.84. The first-order valence-corrected chi connectivity index (χ1v) is 6.22. The third-order valence-corrected chi connectivity index (χ3v) is 2.34. The predicted molar refractivity (Wildman–Crippen MR) is 70.7 cm³/mol. The molecule has 100 valence electrons. The molecule has 1 atom stereocenters. The molecule has 0 aliphatic rings. The van der Waals surface area contributed by atoms with E-state index in [2.05, 4.69) is 15.3 Å². The van der Waals surface area contributed by atoms with Crippen LogP contribution in [-0.4, -0.2) is 28.6 Å². The van der Waals surface area contributed by atoms with Crippen LogP contribution in [0.2, 0.25) is 5.15 Å². The number of rotatable bonds is 5. The summed E-state index contributed by atoms with van der Waals surface area (Å²) in [7, 11) is 0. The number of nitrogens with zero attached hydrogens (tertiary/aromatic N) is 2. The maximum absolute atomic E-state index is 11.6. The zero-order valence-electron chi connectivity index (χ0n) is 11.0. The van der Waals surface area contributed by atoms with E-state index >= 15 is 0 Å². The molecule has 0 spiro atoms. The summed E-state index contributed by atoms with van der Waals surface area (Å²) in [5.41, 5.74) is 0. The Bertz CT molecular complexity index is 404. The average molecular weight is 272 g/mol. The number of hydrogen-bond donors (Lipinski definition) is 1. The van der Waals surface area contributed by atoms with Gasteiger partial charge in [0.05, 0.1) is 12.0 Å². The molecule has 18 heavy (non-hydrogen) atoms. The molecule has 5 nitrogen and oxygen atoms in total. The molecule has 0 aromatic carbocycles. The van der Waals surface area contributed by atoms with E-state index in [0.717, 1.165) is 0 Å². The van der Waals surface area contributed by atoms with Crippen molar-refractivity contribution in [3.63, 3.8) is 0 Å². The monoisotopic (exact) mass is 271 g/mol. The van der Waals surface area contributed by atoms with Gasteiger partial charge in [-0.3, -0.25) is 4.79 Å². The van der Waals surface area contributed by atoms with Crippen molar-refractivity contribution in [2.45, 2.75) is 33.8 Å². The Kier molecular flexibility index (Phi) is 5.34. The van der Waals surface area contributed by atoms with Gasteiger partial charge in [0.2, 0.25) is 0 Å². The molecule has 1 unspecified atom stereocenters. The SMILES string of the molecule is Cc1nc(Cl)cc(NCC(C)C(=O)OC(C)C)n1. The van der Waals surface area contributed by atoms with Crippen LogP contribution in [0.15, 0.2) is 6.07 Å². The quantitative estimate of drug-likeness (QED) is 0.658. The van der Waals surface area contributed by atoms with E-state index < -0.39 is 0 Å². The van der Waals surface area contributed by atoms with Gasteiger partial charge in [-0.05, 0) is 20.8 Å². The van der Waals surface area contributed by atoms with Crippen molar-refractivity contribution < 1.29 is 9.53 Å². The first-order chi connectivity index (χ1) is 8.38. The highest BCUT2D eigenvalue weighted by Gasteiger charge is 2.15. The number of hydrogen-bond acceptors (Lipinski definition) is 5. The van der Waals surface area contributed by atoms with Crippen molar-refractivity contribution in [2.75, 3.05) is 11.9 Å². The molecular weight excluding hydrogens is 254 g/mol. The third-order valence-electron chi connectivity index (χ3n) is 2.15. The Morgan fingerprint density at radius 1 is 1.44 bits per heavy atom. The minimum atomic E-state index is -0.249. The highest BCUT2D eigenvalue weighted by molar-refractivity contribution is 6.29. The van der Waals surface area contributed by atoms with Crippen LogP contribution in [0.1, 0.15) is 26.6 Å². The van der Waals surface area contributed by atoms with Crippen LogP contribution < -0.4 is 5.32 Å². The summed E-state index contributed by atoms with van der Waals surface area (Å²) < 4.78 is 5.11. The minimum Gasteiger partial charge on any atom is -0.463 e. The third kappa shape index (κ3) is 4.87. The van der Waals surface area contributed by atoms with Gasteiger partial charge in [0.1, 0.15) is 16.8 Å². The molecule has 1 aromatic rings. The van der Waals surface area contributed by atoms with Crippen LogP contribution in [0, 0.1) is 12.8 Å². The summed E-state index contributed by atoms with van der Waals surface area (Å²) in [5.74, 6) is 0.718. The fourth-order valence-corrected chi connectivity index (χ4v) is 1.54. The highest BCUT2D eigenvalue weighted by atomic mass is 35.5. The highest BCUT2D eigenvalue weighted by Crippen LogP contribution is 2.12. The second-order valence-corrected chi connectivity index (χ2v) is 4.78. The molecule has 0 amide bonds. The lowest BCUT2D eigenvalue weighted by Gasteiger charge is -2.14. The molecule has 0 aliphatic carbocycles. The first kappa shape index (κ1) is 14.7. The number of carbonyl (C=O) groups is 1. The maximum Gasteiger partial charge on any atom is 0.310 e. The molecule has 6 heteroatoms. The van der Waals surface area contributed by atoms with Crippen LogP contribution >= 0.6 is 11.6 Å². The summed E-state index contributed by atoms with van der Waals surface area (Å²) in [4.78, 5) is 19.7. The van der Waals surface area contributed by atoms with Gasteiger partial charge in [0.25, 0.3) is 0 Å². The molecule has 0 fully saturated rings. The van der Waals surface area contributed by atoms with Crippen molar-refractivity contribution in [2.24, 2.45) is 5.92 Å². The van der Waals surface area contributed by atoms with Crippen LogP contribution in [0.4, 0.5) is 5.82 Å². The number of anilines is 1. The number of halogens is 1. The molecule has 1 heterocycles. The van der Waals surface area contributed by atoms with E-state index in [0.29, 0.717) is 23.3 Å². The van der Waals surface area contributed by atoms with Gasteiger partial charge in [-0.2, -0.15) is 0 Å². The summed E-state index contributed by atoms with van der Waals surface area (Å²) in [6.45, 7) is 7.65. The molecule has 0 saturated carbocycles. The second kappa shape index (κ2) is 6.54. The van der Waals surface area contributed by atoms with E-state index in [-0.39, 0.29) is 18.0 Å². The van der Waals surface area contributed by atoms with Crippen molar-refractivity contribution >= 4 is 23.4 Å². The number of aryl methyl sites for hydroxylation is 1. The predicted octanol–water partition coefficient (Wildman–Crippen LogP) is 2.44. The van der Waals surface area contributed by atoms with E-state index in [1.54, 1.807) is 19.9 Å². The lowest BCUT2D eigenvalue weighted by Crippen LogP contribution is -2.25. The smallest absolute Gasteiger partial charge is 0.310 e. The van der Waals surface area contributed by atoms with Crippen LogP contribution in [0.5, 0.6) is 0 Å². The number of aromatic nitrogens is 2. The Morgan fingerprint density at radius 2 is 2.11 bits per heavy atom. The number of ether oxygens (including phenoxy) is 1. The average Bonchev–Trinajstić information content (AvgIpc) is 2.23. The molecule has 0 radical (unpaired) electrons.